The number of non-ortho nitro benzene ring substituents is 1. The molecule has 0 saturated heterocycles. The van der Waals surface area contributed by atoms with Gasteiger partial charge in [0, 0.05) is 24.7 Å². The van der Waals surface area contributed by atoms with E-state index in [9.17, 15) is 34.1 Å². The van der Waals surface area contributed by atoms with Gasteiger partial charge in [0.2, 0.25) is 0 Å². The Labute approximate surface area is 181 Å². The van der Waals surface area contributed by atoms with Gasteiger partial charge in [-0.2, -0.15) is 0 Å². The van der Waals surface area contributed by atoms with E-state index in [2.05, 4.69) is 15.3 Å². The smallest absolute Gasteiger partial charge is 0.324 e. The highest BCUT2D eigenvalue weighted by atomic mass is 35.5. The van der Waals surface area contributed by atoms with Crippen LogP contribution in [0, 0.1) is 17.0 Å². The summed E-state index contributed by atoms with van der Waals surface area (Å²) < 4.78 is 11.6. The normalized spacial score (nSPS) is 12.4. The molecule has 0 bridgehead atoms. The molecule has 0 fully saturated rings. The van der Waals surface area contributed by atoms with Gasteiger partial charge in [-0.3, -0.25) is 24.3 Å². The standard InChI is InChI=1S/C18H19N4O7P.ClH/c1-10-2-4-11(5-3-10)15(9-30(27,28)29)19-8-12-6-13(22(25)26)7-14-16(12)21-18(24)17(23)20-14;/h2-7,15,19H,8-9H2,1H3,(H,20,23)(H,21,24)(H2,27,28,29);1H. The maximum atomic E-state index is 11.7. The van der Waals surface area contributed by atoms with Crippen LogP contribution < -0.4 is 16.4 Å². The quantitative estimate of drug-likeness (QED) is 0.150. The van der Waals surface area contributed by atoms with E-state index in [4.69, 9.17) is 0 Å². The van der Waals surface area contributed by atoms with Crippen molar-refractivity contribution in [2.24, 2.45) is 0 Å². The number of nitrogens with one attached hydrogen (secondary N) is 3. The lowest BCUT2D eigenvalue weighted by molar-refractivity contribution is -0.384. The average molecular weight is 471 g/mol. The van der Waals surface area contributed by atoms with E-state index in [0.29, 0.717) is 5.56 Å². The molecule has 5 N–H and O–H groups in total. The first-order chi connectivity index (χ1) is 14.0. The van der Waals surface area contributed by atoms with Crippen LogP contribution in [0.25, 0.3) is 11.0 Å². The molecule has 2 aromatic carbocycles. The summed E-state index contributed by atoms with van der Waals surface area (Å²) >= 11 is 0. The minimum absolute atomic E-state index is 0. The van der Waals surface area contributed by atoms with Crippen molar-refractivity contribution in [3.63, 3.8) is 0 Å². The molecule has 13 heteroatoms. The van der Waals surface area contributed by atoms with E-state index in [-0.39, 0.29) is 41.2 Å². The lowest BCUT2D eigenvalue weighted by Gasteiger charge is -2.20. The van der Waals surface area contributed by atoms with Gasteiger partial charge in [0.25, 0.3) is 5.69 Å². The van der Waals surface area contributed by atoms with Gasteiger partial charge in [-0.05, 0) is 18.1 Å². The van der Waals surface area contributed by atoms with E-state index >= 15 is 0 Å². The number of hydrogen-bond acceptors (Lipinski definition) is 6. The third kappa shape index (κ3) is 6.09. The fraction of sp³-hybridized carbons (Fsp3) is 0.222. The van der Waals surface area contributed by atoms with Crippen LogP contribution in [-0.2, 0) is 11.1 Å². The largest absolute Gasteiger partial charge is 0.327 e. The Hall–Kier alpha value is -2.82. The predicted octanol–water partition coefficient (Wildman–Crippen LogP) is 1.86. The summed E-state index contributed by atoms with van der Waals surface area (Å²) in [6.07, 6.45) is -0.490. The second kappa shape index (κ2) is 9.54. The van der Waals surface area contributed by atoms with Crippen LogP contribution >= 0.6 is 20.0 Å². The van der Waals surface area contributed by atoms with Crippen molar-refractivity contribution in [2.75, 3.05) is 6.16 Å². The number of rotatable bonds is 7. The molecule has 3 aromatic rings. The molecule has 0 spiro atoms. The highest BCUT2D eigenvalue weighted by molar-refractivity contribution is 7.51. The summed E-state index contributed by atoms with van der Waals surface area (Å²) in [5, 5.41) is 14.2. The van der Waals surface area contributed by atoms with Crippen molar-refractivity contribution < 1.29 is 19.3 Å². The van der Waals surface area contributed by atoms with Gasteiger partial charge >= 0.3 is 18.7 Å². The number of aryl methyl sites for hydroxylation is 1. The monoisotopic (exact) mass is 470 g/mol. The molecule has 166 valence electrons. The van der Waals surface area contributed by atoms with E-state index in [1.54, 1.807) is 24.3 Å². The van der Waals surface area contributed by atoms with Gasteiger partial charge < -0.3 is 25.1 Å². The number of halogens is 1. The first-order valence-corrected chi connectivity index (χ1v) is 10.6. The summed E-state index contributed by atoms with van der Waals surface area (Å²) in [7, 11) is -4.38. The minimum atomic E-state index is -4.38. The molecule has 3 rings (SSSR count). The SMILES string of the molecule is Cc1ccc(C(CP(=O)(O)O)NCc2cc([N+](=O)[O-])cc3[nH]c(=O)c(=O)[nH]c23)cc1.Cl. The summed E-state index contributed by atoms with van der Waals surface area (Å²) in [6, 6.07) is 8.66. The molecule has 1 unspecified atom stereocenters. The number of benzene rings is 2. The summed E-state index contributed by atoms with van der Waals surface area (Å²) in [5.41, 5.74) is -0.00690. The second-order valence-corrected chi connectivity index (χ2v) is 8.58. The second-order valence-electron chi connectivity index (χ2n) is 6.88. The predicted molar refractivity (Wildman–Crippen MR) is 117 cm³/mol. The van der Waals surface area contributed by atoms with Crippen molar-refractivity contribution in [2.45, 2.75) is 19.5 Å². The van der Waals surface area contributed by atoms with Gasteiger partial charge in [0.1, 0.15) is 0 Å². The van der Waals surface area contributed by atoms with Gasteiger partial charge in [0.15, 0.2) is 0 Å². The number of aromatic nitrogens is 2. The molecule has 11 nitrogen and oxygen atoms in total. The molecular weight excluding hydrogens is 451 g/mol. The maximum absolute atomic E-state index is 11.7. The molecule has 1 atom stereocenters. The fourth-order valence-electron chi connectivity index (χ4n) is 3.08. The number of H-pyrrole nitrogens is 2. The Morgan fingerprint density at radius 1 is 1.13 bits per heavy atom. The molecule has 31 heavy (non-hydrogen) atoms. The van der Waals surface area contributed by atoms with Crippen molar-refractivity contribution in [1.29, 1.82) is 0 Å². The molecule has 1 aromatic heterocycles. The molecule has 0 aliphatic carbocycles. The summed E-state index contributed by atoms with van der Waals surface area (Å²) in [4.78, 5) is 57.5. The van der Waals surface area contributed by atoms with Crippen LogP contribution in [0.1, 0.15) is 22.7 Å². The van der Waals surface area contributed by atoms with E-state index in [1.807, 2.05) is 6.92 Å². The molecule has 0 amide bonds. The number of nitro benzene ring substituents is 1. The summed E-state index contributed by atoms with van der Waals surface area (Å²) in [6.45, 7) is 1.82. The Bertz CT molecular complexity index is 1270. The molecular formula is C18H20ClN4O7P. The fourth-order valence-corrected chi connectivity index (χ4v) is 3.90. The third-order valence-electron chi connectivity index (χ3n) is 4.55. The molecule has 1 heterocycles. The molecule has 0 aliphatic rings. The van der Waals surface area contributed by atoms with Crippen LogP contribution in [0.15, 0.2) is 46.0 Å². The van der Waals surface area contributed by atoms with Crippen LogP contribution in [-0.4, -0.2) is 30.8 Å². The zero-order chi connectivity index (χ0) is 22.1. The van der Waals surface area contributed by atoms with Crippen molar-refractivity contribution in [3.05, 3.63) is 83.9 Å². The van der Waals surface area contributed by atoms with Gasteiger partial charge in [0.05, 0.1) is 22.1 Å². The van der Waals surface area contributed by atoms with Crippen LogP contribution in [0.4, 0.5) is 5.69 Å². The van der Waals surface area contributed by atoms with Crippen molar-refractivity contribution in [3.8, 4) is 0 Å². The third-order valence-corrected chi connectivity index (χ3v) is 5.39. The van der Waals surface area contributed by atoms with Crippen LogP contribution in [0.5, 0.6) is 0 Å². The Kier molecular flexibility index (Phi) is 7.53. The first kappa shape index (κ1) is 24.4. The molecule has 0 radical (unpaired) electrons. The Balaban J connectivity index is 0.00000341. The van der Waals surface area contributed by atoms with Crippen LogP contribution in [0.3, 0.4) is 0 Å². The highest BCUT2D eigenvalue weighted by Crippen LogP contribution is 2.39. The number of nitrogens with zero attached hydrogens (tertiary/aromatic N) is 1. The Morgan fingerprint density at radius 3 is 2.32 bits per heavy atom. The lowest BCUT2D eigenvalue weighted by atomic mass is 10.1. The number of hydrogen-bond donors (Lipinski definition) is 5. The van der Waals surface area contributed by atoms with Gasteiger partial charge in [-0.25, -0.2) is 0 Å². The molecule has 0 saturated carbocycles. The van der Waals surface area contributed by atoms with Gasteiger partial charge in [-0.1, -0.05) is 29.8 Å². The number of aromatic amines is 2. The lowest BCUT2D eigenvalue weighted by Crippen LogP contribution is -2.30. The van der Waals surface area contributed by atoms with Gasteiger partial charge in [-0.15, -0.1) is 12.4 Å². The summed E-state index contributed by atoms with van der Waals surface area (Å²) in [5.74, 6) is 0. The zero-order valence-electron chi connectivity index (χ0n) is 16.2. The maximum Gasteiger partial charge on any atom is 0.327 e. The minimum Gasteiger partial charge on any atom is -0.324 e. The zero-order valence-corrected chi connectivity index (χ0v) is 17.9. The van der Waals surface area contributed by atoms with Crippen LogP contribution in [0.2, 0.25) is 0 Å². The van der Waals surface area contributed by atoms with Crippen molar-refractivity contribution in [1.82, 2.24) is 15.3 Å². The highest BCUT2D eigenvalue weighted by Gasteiger charge is 2.23. The van der Waals surface area contributed by atoms with E-state index in [0.717, 1.165) is 11.6 Å². The Morgan fingerprint density at radius 2 is 1.74 bits per heavy atom. The molecule has 0 aliphatic heterocycles. The van der Waals surface area contributed by atoms with E-state index in [1.165, 1.54) is 6.07 Å². The van der Waals surface area contributed by atoms with Crippen molar-refractivity contribution >= 4 is 36.7 Å². The topological polar surface area (TPSA) is 178 Å². The number of fused-ring (bicyclic) bond motifs is 1. The van der Waals surface area contributed by atoms with E-state index < -0.39 is 35.8 Å². The first-order valence-electron chi connectivity index (χ1n) is 8.81. The number of nitro groups is 1. The average Bonchev–Trinajstić information content (AvgIpc) is 2.65.